The Kier molecular flexibility index (Phi) is 8.41. The second kappa shape index (κ2) is 11.9. The summed E-state index contributed by atoms with van der Waals surface area (Å²) in [4.78, 5) is 17.6. The second-order valence-corrected chi connectivity index (χ2v) is 9.05. The molecular weight excluding hydrogens is 444 g/mol. The molecule has 0 bridgehead atoms. The van der Waals surface area contributed by atoms with Crippen molar-refractivity contribution >= 4 is 5.97 Å². The standard InChI is InChI=1S/C26H34N6O3/c1-4-5-22(26(33)35-3)23(14-19-8-11-24(28-15-19)20-12-13-27-16-20)25-29-30-31-32(25)17-18-6-9-21(34-2)10-7-18/h6-11,15,20,22-23,27H,4-5,12-14,16-17H2,1-3H3/t20?,22-,23-/m0/s1. The number of carbonyl (C=O) groups is 1. The van der Waals surface area contributed by atoms with Crippen molar-refractivity contribution in [1.82, 2.24) is 30.5 Å². The molecule has 0 spiro atoms. The molecule has 3 aromatic rings. The molecule has 9 nitrogen and oxygen atoms in total. The summed E-state index contributed by atoms with van der Waals surface area (Å²) < 4.78 is 12.2. The highest BCUT2D eigenvalue weighted by Gasteiger charge is 2.34. The zero-order valence-corrected chi connectivity index (χ0v) is 20.7. The van der Waals surface area contributed by atoms with Gasteiger partial charge in [0.2, 0.25) is 0 Å². The Balaban J connectivity index is 1.62. The molecule has 3 atom stereocenters. The molecule has 1 N–H and O–H groups in total. The minimum absolute atomic E-state index is 0.238. The highest BCUT2D eigenvalue weighted by molar-refractivity contribution is 5.73. The predicted octanol–water partition coefficient (Wildman–Crippen LogP) is 3.12. The third kappa shape index (κ3) is 6.03. The summed E-state index contributed by atoms with van der Waals surface area (Å²) in [5.74, 6) is 1.09. The summed E-state index contributed by atoms with van der Waals surface area (Å²) in [5, 5.41) is 16.0. The monoisotopic (exact) mass is 478 g/mol. The number of aromatic nitrogens is 5. The summed E-state index contributed by atoms with van der Waals surface area (Å²) in [6, 6.07) is 12.0. The van der Waals surface area contributed by atoms with Gasteiger partial charge < -0.3 is 14.8 Å². The van der Waals surface area contributed by atoms with Crippen molar-refractivity contribution in [1.29, 1.82) is 0 Å². The lowest BCUT2D eigenvalue weighted by molar-refractivity contribution is -0.146. The molecule has 1 aliphatic rings. The van der Waals surface area contributed by atoms with Crippen LogP contribution >= 0.6 is 0 Å². The Morgan fingerprint density at radius 3 is 2.60 bits per heavy atom. The molecule has 0 radical (unpaired) electrons. The number of ether oxygens (including phenoxy) is 2. The average molecular weight is 479 g/mol. The first-order valence-corrected chi connectivity index (χ1v) is 12.2. The molecule has 1 fully saturated rings. The molecule has 35 heavy (non-hydrogen) atoms. The number of hydrogen-bond acceptors (Lipinski definition) is 8. The molecule has 1 aromatic carbocycles. The minimum Gasteiger partial charge on any atom is -0.497 e. The number of pyridine rings is 1. The number of nitrogens with zero attached hydrogens (tertiary/aromatic N) is 5. The molecular formula is C26H34N6O3. The fourth-order valence-corrected chi connectivity index (χ4v) is 4.81. The van der Waals surface area contributed by atoms with Gasteiger partial charge in [-0.1, -0.05) is 31.5 Å². The molecule has 0 amide bonds. The first-order chi connectivity index (χ1) is 17.1. The molecule has 1 saturated heterocycles. The highest BCUT2D eigenvalue weighted by atomic mass is 16.5. The van der Waals surface area contributed by atoms with Crippen molar-refractivity contribution in [3.8, 4) is 5.75 Å². The van der Waals surface area contributed by atoms with Crippen molar-refractivity contribution < 1.29 is 14.3 Å². The number of carbonyl (C=O) groups excluding carboxylic acids is 1. The Morgan fingerprint density at radius 1 is 1.17 bits per heavy atom. The van der Waals surface area contributed by atoms with Crippen LogP contribution in [0.15, 0.2) is 42.6 Å². The van der Waals surface area contributed by atoms with Crippen molar-refractivity contribution in [2.24, 2.45) is 5.92 Å². The summed E-state index contributed by atoms with van der Waals surface area (Å²) in [7, 11) is 3.08. The highest BCUT2D eigenvalue weighted by Crippen LogP contribution is 2.32. The van der Waals surface area contributed by atoms with Gasteiger partial charge in [-0.25, -0.2) is 4.68 Å². The van der Waals surface area contributed by atoms with Gasteiger partial charge in [-0.2, -0.15) is 0 Å². The number of methoxy groups -OCH3 is 2. The van der Waals surface area contributed by atoms with Crippen molar-refractivity contribution in [3.63, 3.8) is 0 Å². The van der Waals surface area contributed by atoms with E-state index in [0.29, 0.717) is 31.1 Å². The maximum atomic E-state index is 12.9. The van der Waals surface area contributed by atoms with Crippen LogP contribution in [0.2, 0.25) is 0 Å². The molecule has 186 valence electrons. The number of esters is 1. The fraction of sp³-hybridized carbons (Fsp3) is 0.500. The molecule has 1 aliphatic heterocycles. The zero-order chi connectivity index (χ0) is 24.6. The normalized spacial score (nSPS) is 17.2. The van der Waals surface area contributed by atoms with Gasteiger partial charge in [0, 0.05) is 30.3 Å². The average Bonchev–Trinajstić information content (AvgIpc) is 3.59. The summed E-state index contributed by atoms with van der Waals surface area (Å²) >= 11 is 0. The lowest BCUT2D eigenvalue weighted by atomic mass is 9.83. The van der Waals surface area contributed by atoms with Gasteiger partial charge in [-0.15, -0.1) is 5.10 Å². The van der Waals surface area contributed by atoms with Crippen LogP contribution in [0.5, 0.6) is 5.75 Å². The van der Waals surface area contributed by atoms with Crippen LogP contribution in [-0.2, 0) is 22.5 Å². The van der Waals surface area contributed by atoms with E-state index in [9.17, 15) is 4.79 Å². The lowest BCUT2D eigenvalue weighted by Crippen LogP contribution is -2.28. The first kappa shape index (κ1) is 24.8. The molecule has 0 aliphatic carbocycles. The zero-order valence-electron chi connectivity index (χ0n) is 20.7. The Hall–Kier alpha value is -3.33. The maximum Gasteiger partial charge on any atom is 0.309 e. The van der Waals surface area contributed by atoms with Gasteiger partial charge >= 0.3 is 5.97 Å². The van der Waals surface area contributed by atoms with E-state index in [1.165, 1.54) is 7.11 Å². The van der Waals surface area contributed by atoms with Crippen LogP contribution in [0.1, 0.15) is 60.7 Å². The number of tetrazole rings is 1. The number of nitrogens with one attached hydrogen (secondary N) is 1. The Morgan fingerprint density at radius 2 is 1.97 bits per heavy atom. The Labute approximate surface area is 206 Å². The predicted molar refractivity (Wildman–Crippen MR) is 131 cm³/mol. The van der Waals surface area contributed by atoms with Gasteiger partial charge in [0.25, 0.3) is 0 Å². The summed E-state index contributed by atoms with van der Waals surface area (Å²) in [6.45, 7) is 4.56. The van der Waals surface area contributed by atoms with Crippen LogP contribution in [-0.4, -0.2) is 58.5 Å². The minimum atomic E-state index is -0.357. The largest absolute Gasteiger partial charge is 0.497 e. The SMILES string of the molecule is CCC[C@H](C(=O)OC)[C@H](Cc1ccc(C2CCNC2)nc1)c1nnnn1Cc1ccc(OC)cc1. The van der Waals surface area contributed by atoms with Gasteiger partial charge in [0.15, 0.2) is 5.82 Å². The van der Waals surface area contributed by atoms with E-state index < -0.39 is 0 Å². The molecule has 3 heterocycles. The summed E-state index contributed by atoms with van der Waals surface area (Å²) in [6.07, 6.45) is 5.17. The Bertz CT molecular complexity index is 1080. The third-order valence-corrected chi connectivity index (χ3v) is 6.75. The van der Waals surface area contributed by atoms with Crippen molar-refractivity contribution in [2.75, 3.05) is 27.3 Å². The van der Waals surface area contributed by atoms with Crippen LogP contribution < -0.4 is 10.1 Å². The molecule has 9 heteroatoms. The van der Waals surface area contributed by atoms with Crippen molar-refractivity contribution in [2.45, 2.75) is 51.0 Å². The second-order valence-electron chi connectivity index (χ2n) is 9.05. The van der Waals surface area contributed by atoms with E-state index in [4.69, 9.17) is 14.5 Å². The van der Waals surface area contributed by atoms with E-state index >= 15 is 0 Å². The van der Waals surface area contributed by atoms with Crippen LogP contribution in [0.3, 0.4) is 0 Å². The van der Waals surface area contributed by atoms with Gasteiger partial charge in [0.1, 0.15) is 5.75 Å². The maximum absolute atomic E-state index is 12.9. The smallest absolute Gasteiger partial charge is 0.309 e. The fourth-order valence-electron chi connectivity index (χ4n) is 4.81. The molecule has 4 rings (SSSR count). The molecule has 2 aromatic heterocycles. The van der Waals surface area contributed by atoms with Gasteiger partial charge in [0.05, 0.1) is 26.7 Å². The van der Waals surface area contributed by atoms with E-state index in [1.807, 2.05) is 30.5 Å². The van der Waals surface area contributed by atoms with Crippen molar-refractivity contribution in [3.05, 3.63) is 65.2 Å². The van der Waals surface area contributed by atoms with E-state index in [2.05, 4.69) is 39.9 Å². The van der Waals surface area contributed by atoms with E-state index in [0.717, 1.165) is 48.5 Å². The molecule has 0 saturated carbocycles. The van der Waals surface area contributed by atoms with Crippen LogP contribution in [0.25, 0.3) is 0 Å². The van der Waals surface area contributed by atoms with Crippen LogP contribution in [0.4, 0.5) is 0 Å². The van der Waals surface area contributed by atoms with Crippen LogP contribution in [0, 0.1) is 5.92 Å². The van der Waals surface area contributed by atoms with Gasteiger partial charge in [-0.3, -0.25) is 9.78 Å². The topological polar surface area (TPSA) is 104 Å². The third-order valence-electron chi connectivity index (χ3n) is 6.75. The lowest BCUT2D eigenvalue weighted by Gasteiger charge is -2.24. The van der Waals surface area contributed by atoms with E-state index in [-0.39, 0.29) is 17.8 Å². The first-order valence-electron chi connectivity index (χ1n) is 12.2. The van der Waals surface area contributed by atoms with E-state index in [1.54, 1.807) is 11.8 Å². The number of hydrogen-bond donors (Lipinski definition) is 1. The number of rotatable bonds is 11. The molecule has 1 unspecified atom stereocenters. The number of benzene rings is 1. The quantitative estimate of drug-likeness (QED) is 0.419. The van der Waals surface area contributed by atoms with Gasteiger partial charge in [-0.05, 0) is 65.6 Å². The summed E-state index contributed by atoms with van der Waals surface area (Å²) in [5.41, 5.74) is 3.20.